The third-order valence-corrected chi connectivity index (χ3v) is 2.66. The minimum absolute atomic E-state index is 0.791. The zero-order valence-electron chi connectivity index (χ0n) is 9.72. The molecule has 0 bridgehead atoms. The van der Waals surface area contributed by atoms with E-state index in [1.54, 1.807) is 0 Å². The topological polar surface area (TPSA) is 24.1 Å². The maximum atomic E-state index is 6.10. The average Bonchev–Trinajstić information content (AvgIpc) is 2.26. The minimum Gasteiger partial charge on any atom is -0.384 e. The molecule has 2 nitrogen and oxygen atoms in total. The van der Waals surface area contributed by atoms with E-state index in [4.69, 9.17) is 11.6 Å². The fraction of sp³-hybridized carbons (Fsp3) is 0.385. The Balaban J connectivity index is 2.29. The second-order valence-electron chi connectivity index (χ2n) is 3.70. The van der Waals surface area contributed by atoms with Gasteiger partial charge < -0.3 is 10.6 Å². The second kappa shape index (κ2) is 7.31. The maximum absolute atomic E-state index is 6.10. The molecule has 1 aromatic rings. The van der Waals surface area contributed by atoms with Crippen LogP contribution in [0, 0.1) is 6.92 Å². The third-order valence-electron chi connectivity index (χ3n) is 2.34. The van der Waals surface area contributed by atoms with Crippen molar-refractivity contribution in [1.29, 1.82) is 0 Å². The highest BCUT2D eigenvalue weighted by molar-refractivity contribution is 6.33. The third kappa shape index (κ3) is 4.25. The molecule has 0 unspecified atom stereocenters. The summed E-state index contributed by atoms with van der Waals surface area (Å²) in [6.07, 6.45) is 2.93. The van der Waals surface area contributed by atoms with Gasteiger partial charge in [0.1, 0.15) is 0 Å². The number of halogens is 1. The van der Waals surface area contributed by atoms with Crippen LogP contribution >= 0.6 is 11.6 Å². The van der Waals surface area contributed by atoms with Gasteiger partial charge in [-0.2, -0.15) is 0 Å². The Morgan fingerprint density at radius 2 is 2.19 bits per heavy atom. The lowest BCUT2D eigenvalue weighted by Crippen LogP contribution is -2.18. The van der Waals surface area contributed by atoms with Gasteiger partial charge in [0, 0.05) is 13.1 Å². The van der Waals surface area contributed by atoms with Crippen molar-refractivity contribution in [2.75, 3.05) is 25.0 Å². The predicted molar refractivity (Wildman–Crippen MR) is 72.4 cm³/mol. The van der Waals surface area contributed by atoms with Gasteiger partial charge in [-0.1, -0.05) is 29.8 Å². The molecule has 16 heavy (non-hydrogen) atoms. The van der Waals surface area contributed by atoms with E-state index in [1.165, 1.54) is 5.56 Å². The van der Waals surface area contributed by atoms with Gasteiger partial charge in [0.15, 0.2) is 0 Å². The van der Waals surface area contributed by atoms with Gasteiger partial charge in [0.25, 0.3) is 0 Å². The van der Waals surface area contributed by atoms with E-state index >= 15 is 0 Å². The molecule has 0 heterocycles. The van der Waals surface area contributed by atoms with E-state index in [2.05, 4.69) is 30.2 Å². The summed E-state index contributed by atoms with van der Waals surface area (Å²) in [5.41, 5.74) is 2.24. The lowest BCUT2D eigenvalue weighted by atomic mass is 10.2. The largest absolute Gasteiger partial charge is 0.384 e. The van der Waals surface area contributed by atoms with E-state index in [0.29, 0.717) is 0 Å². The molecule has 0 radical (unpaired) electrons. The van der Waals surface area contributed by atoms with Gasteiger partial charge in [0.05, 0.1) is 10.7 Å². The van der Waals surface area contributed by atoms with Gasteiger partial charge in [0.2, 0.25) is 0 Å². The van der Waals surface area contributed by atoms with Crippen LogP contribution in [0.15, 0.2) is 30.9 Å². The van der Waals surface area contributed by atoms with Crippen molar-refractivity contribution in [2.24, 2.45) is 0 Å². The van der Waals surface area contributed by atoms with Crippen molar-refractivity contribution >= 4 is 17.3 Å². The Kier molecular flexibility index (Phi) is 5.98. The molecule has 0 saturated heterocycles. The Morgan fingerprint density at radius 1 is 1.38 bits per heavy atom. The fourth-order valence-corrected chi connectivity index (χ4v) is 1.78. The second-order valence-corrected chi connectivity index (χ2v) is 4.11. The zero-order valence-corrected chi connectivity index (χ0v) is 10.5. The first kappa shape index (κ1) is 13.1. The van der Waals surface area contributed by atoms with Gasteiger partial charge >= 0.3 is 0 Å². The van der Waals surface area contributed by atoms with E-state index in [9.17, 15) is 0 Å². The maximum Gasteiger partial charge on any atom is 0.0640 e. The van der Waals surface area contributed by atoms with Crippen molar-refractivity contribution in [3.05, 3.63) is 41.4 Å². The standard InChI is InChI=1S/C13H19ClN2/c1-3-8-15-9-5-10-16-13-11(2)6-4-7-12(13)14/h3-4,6-7,15-16H,1,5,8-10H2,2H3. The summed E-state index contributed by atoms with van der Waals surface area (Å²) < 4.78 is 0. The molecule has 0 aliphatic carbocycles. The summed E-state index contributed by atoms with van der Waals surface area (Å²) in [4.78, 5) is 0. The lowest BCUT2D eigenvalue weighted by Gasteiger charge is -2.11. The summed E-state index contributed by atoms with van der Waals surface area (Å²) in [5.74, 6) is 0. The number of anilines is 1. The van der Waals surface area contributed by atoms with Crippen LogP contribution in [0.4, 0.5) is 5.69 Å². The first-order chi connectivity index (χ1) is 7.75. The smallest absolute Gasteiger partial charge is 0.0640 e. The molecule has 0 spiro atoms. The molecule has 0 saturated carbocycles. The molecule has 3 heteroatoms. The van der Waals surface area contributed by atoms with Crippen molar-refractivity contribution in [2.45, 2.75) is 13.3 Å². The molecule has 1 rings (SSSR count). The number of aryl methyl sites for hydroxylation is 1. The fourth-order valence-electron chi connectivity index (χ4n) is 1.49. The van der Waals surface area contributed by atoms with E-state index in [-0.39, 0.29) is 0 Å². The summed E-state index contributed by atoms with van der Waals surface area (Å²) in [6.45, 7) is 8.49. The first-order valence-electron chi connectivity index (χ1n) is 5.56. The van der Waals surface area contributed by atoms with Gasteiger partial charge in [-0.3, -0.25) is 0 Å². The molecule has 0 fully saturated rings. The summed E-state index contributed by atoms with van der Waals surface area (Å²) in [5, 5.41) is 7.41. The number of benzene rings is 1. The summed E-state index contributed by atoms with van der Waals surface area (Å²) >= 11 is 6.10. The first-order valence-corrected chi connectivity index (χ1v) is 5.94. The quantitative estimate of drug-likeness (QED) is 0.563. The highest BCUT2D eigenvalue weighted by Gasteiger charge is 2.01. The summed E-state index contributed by atoms with van der Waals surface area (Å²) in [7, 11) is 0. The molecule has 2 N–H and O–H groups in total. The zero-order chi connectivity index (χ0) is 11.8. The van der Waals surface area contributed by atoms with Crippen LogP contribution in [0.1, 0.15) is 12.0 Å². The molecular weight excluding hydrogens is 220 g/mol. The Bertz CT molecular complexity index is 316. The molecule has 0 atom stereocenters. The number of hydrogen-bond donors (Lipinski definition) is 2. The highest BCUT2D eigenvalue weighted by Crippen LogP contribution is 2.24. The molecule has 0 amide bonds. The highest BCUT2D eigenvalue weighted by atomic mass is 35.5. The molecular formula is C13H19ClN2. The van der Waals surface area contributed by atoms with Crippen molar-refractivity contribution in [3.8, 4) is 0 Å². The van der Waals surface area contributed by atoms with Crippen LogP contribution in [-0.4, -0.2) is 19.6 Å². The van der Waals surface area contributed by atoms with Crippen LogP contribution in [-0.2, 0) is 0 Å². The van der Waals surface area contributed by atoms with Gasteiger partial charge in [-0.25, -0.2) is 0 Å². The van der Waals surface area contributed by atoms with Gasteiger partial charge in [-0.15, -0.1) is 6.58 Å². The number of nitrogens with one attached hydrogen (secondary N) is 2. The van der Waals surface area contributed by atoms with Gasteiger partial charge in [-0.05, 0) is 31.5 Å². The molecule has 0 aliphatic heterocycles. The van der Waals surface area contributed by atoms with Crippen LogP contribution in [0.25, 0.3) is 0 Å². The number of hydrogen-bond acceptors (Lipinski definition) is 2. The predicted octanol–water partition coefficient (Wildman–Crippen LogP) is 3.23. The van der Waals surface area contributed by atoms with E-state index in [1.807, 2.05) is 18.2 Å². The minimum atomic E-state index is 0.791. The molecule has 1 aromatic carbocycles. The summed E-state index contributed by atoms with van der Waals surface area (Å²) in [6, 6.07) is 5.94. The van der Waals surface area contributed by atoms with Crippen molar-refractivity contribution in [1.82, 2.24) is 5.32 Å². The normalized spacial score (nSPS) is 10.1. The Hall–Kier alpha value is -0.990. The number of para-hydroxylation sites is 1. The van der Waals surface area contributed by atoms with Crippen LogP contribution < -0.4 is 10.6 Å². The molecule has 88 valence electrons. The monoisotopic (exact) mass is 238 g/mol. The Labute approximate surface area is 103 Å². The molecule has 0 aliphatic rings. The SMILES string of the molecule is C=CCNCCCNc1c(C)cccc1Cl. The van der Waals surface area contributed by atoms with Crippen molar-refractivity contribution < 1.29 is 0 Å². The van der Waals surface area contributed by atoms with Crippen molar-refractivity contribution in [3.63, 3.8) is 0 Å². The number of rotatable bonds is 7. The van der Waals surface area contributed by atoms with Crippen LogP contribution in [0.2, 0.25) is 5.02 Å². The average molecular weight is 239 g/mol. The van der Waals surface area contributed by atoms with E-state index < -0.39 is 0 Å². The molecule has 0 aromatic heterocycles. The van der Waals surface area contributed by atoms with E-state index in [0.717, 1.165) is 36.8 Å². The van der Waals surface area contributed by atoms with Crippen LogP contribution in [0.5, 0.6) is 0 Å². The lowest BCUT2D eigenvalue weighted by molar-refractivity contribution is 0.711. The Morgan fingerprint density at radius 3 is 2.88 bits per heavy atom. The van der Waals surface area contributed by atoms with Crippen LogP contribution in [0.3, 0.4) is 0 Å².